The molecule has 4 saturated heterocycles. The van der Waals surface area contributed by atoms with E-state index in [1.54, 1.807) is 63.9 Å². The minimum Gasteiger partial charge on any atom is -0.368 e. The zero-order chi connectivity index (χ0) is 78.5. The lowest BCUT2D eigenvalue weighted by atomic mass is 9.82. The average molecular weight is 1550 g/mol. The van der Waals surface area contributed by atoms with Crippen molar-refractivity contribution in [3.8, 4) is 45.2 Å². The maximum atomic E-state index is 13.0. The van der Waals surface area contributed by atoms with Gasteiger partial charge < -0.3 is 33.7 Å². The van der Waals surface area contributed by atoms with Crippen molar-refractivity contribution in [3.05, 3.63) is 263 Å². The first-order chi connectivity index (χ1) is 55.9. The largest absolute Gasteiger partial charge is 0.368 e. The van der Waals surface area contributed by atoms with Gasteiger partial charge in [-0.25, -0.2) is 39.4 Å². The van der Waals surface area contributed by atoms with Crippen molar-refractivity contribution in [2.24, 2.45) is 0 Å². The van der Waals surface area contributed by atoms with Crippen LogP contribution < -0.4 is 32.5 Å². The number of aryl methyl sites for hydroxylation is 4. The van der Waals surface area contributed by atoms with E-state index >= 15 is 0 Å². The number of nitrogens with one attached hydrogen (secondary N) is 1. The van der Waals surface area contributed by atoms with Crippen molar-refractivity contribution in [2.45, 2.75) is 116 Å². The number of imidazole rings is 2. The molecule has 5 aliphatic rings. The molecule has 21 rings (SSSR count). The third-order valence-corrected chi connectivity index (χ3v) is 24.6. The number of fused-ring (bicyclic) bond motifs is 8. The van der Waals surface area contributed by atoms with Crippen LogP contribution in [0.15, 0.2) is 202 Å². The number of anilines is 1. The van der Waals surface area contributed by atoms with E-state index in [1.807, 2.05) is 165 Å². The molecule has 1 saturated carbocycles. The molecule has 0 bridgehead atoms. The number of benzene rings is 1. The van der Waals surface area contributed by atoms with Gasteiger partial charge in [-0.05, 0) is 253 Å². The van der Waals surface area contributed by atoms with Crippen molar-refractivity contribution < 1.29 is 0 Å². The molecule has 584 valence electrons. The molecule has 0 spiro atoms. The smallest absolute Gasteiger partial charge is 0.258 e. The Morgan fingerprint density at radius 3 is 1.43 bits per heavy atom. The number of pyridine rings is 6. The molecular weight excluding hydrogens is 1460 g/mol. The van der Waals surface area contributed by atoms with Gasteiger partial charge in [-0.3, -0.25) is 41.8 Å². The Morgan fingerprint density at radius 1 is 0.391 bits per heavy atom. The molecule has 15 aromatic heterocycles. The van der Waals surface area contributed by atoms with E-state index in [9.17, 15) is 19.2 Å². The topological polar surface area (TPSA) is 240 Å². The molecule has 5 fully saturated rings. The molecule has 1 aromatic carbocycles. The van der Waals surface area contributed by atoms with E-state index in [-0.39, 0.29) is 22.2 Å². The normalized spacial score (nSPS) is 17.6. The number of thiazole rings is 1. The number of piperazine rings is 1. The van der Waals surface area contributed by atoms with Gasteiger partial charge in [-0.2, -0.15) is 5.10 Å². The Balaban J connectivity index is 0.000000107. The Kier molecular flexibility index (Phi) is 20.7. The average Bonchev–Trinajstić information content (AvgIpc) is 1.72. The van der Waals surface area contributed by atoms with E-state index in [4.69, 9.17) is 15.0 Å². The highest BCUT2D eigenvalue weighted by Gasteiger charge is 2.29. The lowest BCUT2D eigenvalue weighted by Crippen LogP contribution is -2.44. The minimum atomic E-state index is -0.109. The highest BCUT2D eigenvalue weighted by atomic mass is 32.1. The molecule has 4 aliphatic heterocycles. The van der Waals surface area contributed by atoms with Gasteiger partial charge in [-0.1, -0.05) is 24.3 Å². The third-order valence-electron chi connectivity index (χ3n) is 23.6. The summed E-state index contributed by atoms with van der Waals surface area (Å²) in [5, 5.41) is 8.97. The molecule has 0 amide bonds. The third kappa shape index (κ3) is 16.0. The van der Waals surface area contributed by atoms with Crippen LogP contribution in [0.4, 0.5) is 5.69 Å². The van der Waals surface area contributed by atoms with Gasteiger partial charge in [0.05, 0.1) is 78.7 Å². The first-order valence-electron chi connectivity index (χ1n) is 40.3. The van der Waals surface area contributed by atoms with Crippen LogP contribution in [0.3, 0.4) is 0 Å². The summed E-state index contributed by atoms with van der Waals surface area (Å²) in [6.45, 7) is 18.7. The highest BCUT2D eigenvalue weighted by molar-refractivity contribution is 7.18. The van der Waals surface area contributed by atoms with Crippen LogP contribution in [0.25, 0.3) is 94.8 Å². The van der Waals surface area contributed by atoms with Gasteiger partial charge in [0.15, 0.2) is 0 Å². The predicted octanol–water partition coefficient (Wildman–Crippen LogP) is 12.8. The molecule has 16 aromatic rings. The van der Waals surface area contributed by atoms with Crippen LogP contribution in [-0.4, -0.2) is 176 Å². The van der Waals surface area contributed by atoms with Crippen LogP contribution in [0.1, 0.15) is 121 Å². The van der Waals surface area contributed by atoms with Crippen LogP contribution >= 0.6 is 11.3 Å². The molecule has 115 heavy (non-hydrogen) atoms. The highest BCUT2D eigenvalue weighted by Crippen LogP contribution is 2.37. The maximum Gasteiger partial charge on any atom is 0.258 e. The second kappa shape index (κ2) is 31.9. The molecular formula is C89H93N21O4S. The summed E-state index contributed by atoms with van der Waals surface area (Å²) < 4.78 is 13.5. The zero-order valence-corrected chi connectivity index (χ0v) is 66.6. The summed E-state index contributed by atoms with van der Waals surface area (Å²) in [4.78, 5) is 97.7. The molecule has 0 radical (unpaired) electrons. The minimum absolute atomic E-state index is 0.0282. The number of aromatic nitrogens is 16. The van der Waals surface area contributed by atoms with Gasteiger partial charge in [0, 0.05) is 123 Å². The quantitative estimate of drug-likeness (QED) is 0.141. The first kappa shape index (κ1) is 74.6. The predicted molar refractivity (Wildman–Crippen MR) is 454 cm³/mol. The molecule has 25 nitrogen and oxygen atoms in total. The van der Waals surface area contributed by atoms with E-state index in [0.717, 1.165) is 156 Å². The van der Waals surface area contributed by atoms with Crippen LogP contribution in [0.5, 0.6) is 0 Å². The Hall–Kier alpha value is -11.8. The maximum absolute atomic E-state index is 13.0. The number of likely N-dealkylation sites (N-methyl/N-ethyl adjacent to an activating group) is 1. The second-order valence-electron chi connectivity index (χ2n) is 31.7. The number of rotatable bonds is 9. The first-order valence-corrected chi connectivity index (χ1v) is 41.1. The van der Waals surface area contributed by atoms with Gasteiger partial charge >= 0.3 is 0 Å². The number of hydrogen-bond donors (Lipinski definition) is 1. The number of nitrogens with zero attached hydrogens (tertiary/aromatic N) is 20. The molecule has 1 N–H and O–H groups in total. The van der Waals surface area contributed by atoms with Crippen LogP contribution in [-0.2, 0) is 0 Å². The SMILES string of the molecule is Cc1cn2cc(-c3cc(=O)n4cc(C5CCC(N6CCCC6)CC5)ccc4n3)ccc2n1.Cc1cn2cc(-c3cc(=O)n4cc(C5CCNCC5)ccc4n3)ccc2n1.Cc1cn2nc(-c3cc(=O)n4cc(N5CCN(C)CC5)ccc4n3)cc2cn1.Cc1nc2ccc(-c3cc(=O)n4cc(C5CCN(C)CC5)ccc4n3)cc2s1. The standard InChI is InChI=1S/C26H29N5O.C22H22N4OS.C21H21N5O.C20H21N7O/c1-18-15-30-16-21(7-10-24(30)27-18)23-14-26(32)31-17-20(6-11-25(31)28-23)19-4-8-22(9-5-19)29-12-2-3-13-29;1-14-23-18-5-3-16(11-20(18)28-14)19-12-22(27)26-13-17(4-6-21(26)24-19)15-7-9-25(2)10-8-15;1-14-11-25-12-17(3-4-19(25)23-14)18-10-21(27)26-13-16(2-5-20(26)24-18)15-6-8-22-9-7-15;1-14-12-27-16(11-21-14)9-18(23-27)17-10-20(28)26-13-15(3-4-19(26)22-17)25-7-5-24(2)6-8-25/h6-7,10-11,14-17,19,22H,2-5,8-9,12-13H2,1H3;3-6,11-13,15H,7-10H2,1-2H3;2-5,10-13,15,22H,6-9H2,1H3;3-4,9-13H,5-8H2,1-2H3. The fraction of sp³-hybridized carbons (Fsp3) is 0.337. The van der Waals surface area contributed by atoms with Crippen molar-refractivity contribution in [1.29, 1.82) is 0 Å². The van der Waals surface area contributed by atoms with E-state index in [0.29, 0.717) is 68.8 Å². The second-order valence-corrected chi connectivity index (χ2v) is 33.0. The summed E-state index contributed by atoms with van der Waals surface area (Å²) in [5.74, 6) is 1.56. The van der Waals surface area contributed by atoms with Crippen LogP contribution in [0, 0.1) is 27.7 Å². The van der Waals surface area contributed by atoms with Gasteiger partial charge in [0.1, 0.15) is 39.6 Å². The number of likely N-dealkylation sites (tertiary alicyclic amines) is 2. The lowest BCUT2D eigenvalue weighted by Gasteiger charge is -2.34. The molecule has 19 heterocycles. The molecule has 26 heteroatoms. The van der Waals surface area contributed by atoms with Crippen molar-refractivity contribution >= 4 is 66.6 Å². The summed E-state index contributed by atoms with van der Waals surface area (Å²) in [6.07, 6.45) is 31.5. The van der Waals surface area contributed by atoms with Gasteiger partial charge in [-0.15, -0.1) is 11.3 Å². The Morgan fingerprint density at radius 2 is 0.870 bits per heavy atom. The van der Waals surface area contributed by atoms with E-state index in [2.05, 4.69) is 93.3 Å². The molecule has 0 atom stereocenters. The van der Waals surface area contributed by atoms with E-state index < -0.39 is 0 Å². The summed E-state index contributed by atoms with van der Waals surface area (Å²) in [6, 6.07) is 39.3. The fourth-order valence-corrected chi connectivity index (χ4v) is 18.1. The van der Waals surface area contributed by atoms with Crippen LogP contribution in [0.2, 0.25) is 0 Å². The fourth-order valence-electron chi connectivity index (χ4n) is 17.2. The molecule has 0 unspecified atom stereocenters. The number of piperidine rings is 2. The zero-order valence-electron chi connectivity index (χ0n) is 65.8. The Labute approximate surface area is 667 Å². The summed E-state index contributed by atoms with van der Waals surface area (Å²) >= 11 is 1.66. The van der Waals surface area contributed by atoms with Crippen molar-refractivity contribution in [2.75, 3.05) is 84.4 Å². The van der Waals surface area contributed by atoms with Crippen molar-refractivity contribution in [1.82, 2.24) is 95.9 Å². The summed E-state index contributed by atoms with van der Waals surface area (Å²) in [5.41, 5.74) is 19.8. The summed E-state index contributed by atoms with van der Waals surface area (Å²) in [7, 11) is 4.29. The lowest BCUT2D eigenvalue weighted by molar-refractivity contribution is 0.182. The number of hydrogen-bond acceptors (Lipinski definition) is 19. The molecule has 1 aliphatic carbocycles. The monoisotopic (exact) mass is 1550 g/mol. The van der Waals surface area contributed by atoms with Gasteiger partial charge in [0.2, 0.25) is 0 Å². The van der Waals surface area contributed by atoms with E-state index in [1.165, 1.54) is 68.3 Å². The van der Waals surface area contributed by atoms with Gasteiger partial charge in [0.25, 0.3) is 22.2 Å². The van der Waals surface area contributed by atoms with Crippen molar-refractivity contribution in [3.63, 3.8) is 0 Å². The Bertz CT molecular complexity index is 6480.